The van der Waals surface area contributed by atoms with Crippen molar-refractivity contribution in [1.82, 2.24) is 0 Å². The molecule has 3 radical (unpaired) electrons. The van der Waals surface area contributed by atoms with Crippen LogP contribution in [0.1, 0.15) is 0 Å². The van der Waals surface area contributed by atoms with Gasteiger partial charge in [0, 0.05) is 0 Å². The zero-order chi connectivity index (χ0) is 4.12. The topological polar surface area (TPSA) is 0 Å². The lowest BCUT2D eigenvalue weighted by Gasteiger charge is -1.55. The molecule has 0 atom stereocenters. The smallest absolute Gasteiger partial charge is 0.00991 e. The van der Waals surface area contributed by atoms with Gasteiger partial charge in [0.25, 0.3) is 0 Å². The van der Waals surface area contributed by atoms with Crippen molar-refractivity contribution in [3.05, 3.63) is 31.7 Å². The summed E-state index contributed by atoms with van der Waals surface area (Å²) in [6.45, 7) is 9.69. The predicted molar refractivity (Wildman–Crippen MR) is 22.3 cm³/mol. The summed E-state index contributed by atoms with van der Waals surface area (Å²) >= 11 is 0. The van der Waals surface area contributed by atoms with Gasteiger partial charge in [-0.1, -0.05) is 18.2 Å². The van der Waals surface area contributed by atoms with Crippen LogP contribution in [0.3, 0.4) is 0 Å². The van der Waals surface area contributed by atoms with Gasteiger partial charge in [-0.25, -0.2) is 0 Å². The Kier molecular flexibility index (Phi) is 3.12. The molecule has 0 unspecified atom stereocenters. The zero-order valence-corrected chi connectivity index (χ0v) is 2.94. The molecular formula is C5H5. The van der Waals surface area contributed by atoms with Gasteiger partial charge >= 0.3 is 0 Å². The molecule has 0 spiro atoms. The fraction of sp³-hybridized carbons (Fsp3) is 0. The highest BCUT2D eigenvalue weighted by Crippen LogP contribution is 1.63. The molecule has 0 rings (SSSR count). The number of hydrogen-bond donors (Lipinski definition) is 0. The molecule has 0 fully saturated rings. The third kappa shape index (κ3) is 3.48. The van der Waals surface area contributed by atoms with E-state index in [4.69, 9.17) is 6.58 Å². The summed E-state index contributed by atoms with van der Waals surface area (Å²) in [6.07, 6.45) is 4.31. The van der Waals surface area contributed by atoms with Crippen molar-refractivity contribution >= 4 is 0 Å². The fourth-order valence-corrected chi connectivity index (χ4v) is 0.0680. The van der Waals surface area contributed by atoms with Gasteiger partial charge in [0.15, 0.2) is 0 Å². The second-order valence-corrected chi connectivity index (χ2v) is 0.595. The van der Waals surface area contributed by atoms with Crippen LogP contribution in [0, 0.1) is 13.5 Å². The minimum atomic E-state index is 1.19. The first-order valence-electron chi connectivity index (χ1n) is 1.36. The van der Waals surface area contributed by atoms with Crippen LogP contribution in [0.2, 0.25) is 0 Å². The minimum Gasteiger partial charge on any atom is -0.0842 e. The van der Waals surface area contributed by atoms with E-state index in [0.29, 0.717) is 0 Å². The van der Waals surface area contributed by atoms with Crippen LogP contribution in [0.5, 0.6) is 0 Å². The minimum absolute atomic E-state index is 1.19. The summed E-state index contributed by atoms with van der Waals surface area (Å²) in [5.74, 6) is 0. The van der Waals surface area contributed by atoms with Crippen molar-refractivity contribution in [2.24, 2.45) is 0 Å². The maximum absolute atomic E-state index is 6.35. The van der Waals surface area contributed by atoms with Crippen molar-refractivity contribution in [2.45, 2.75) is 0 Å². The number of allylic oxidation sites excluding steroid dienone is 3. The van der Waals surface area contributed by atoms with Gasteiger partial charge in [-0.3, -0.25) is 0 Å². The van der Waals surface area contributed by atoms with Crippen LogP contribution in [-0.4, -0.2) is 0 Å². The fourth-order valence-electron chi connectivity index (χ4n) is 0.0680. The second-order valence-electron chi connectivity index (χ2n) is 0.595. The lowest BCUT2D eigenvalue weighted by atomic mass is 10.5. The van der Waals surface area contributed by atoms with E-state index in [1.165, 1.54) is 6.08 Å². The zero-order valence-electron chi connectivity index (χ0n) is 2.94. The van der Waals surface area contributed by atoms with Gasteiger partial charge < -0.3 is 0 Å². The Morgan fingerprint density at radius 3 is 2.20 bits per heavy atom. The number of hydrogen-bond acceptors (Lipinski definition) is 0. The quantitative estimate of drug-likeness (QED) is 0.403. The Bertz CT molecular complexity index is 42.0. The third-order valence-electron chi connectivity index (χ3n) is 0.232. The average molecular weight is 65.1 g/mol. The summed E-state index contributed by atoms with van der Waals surface area (Å²) in [4.78, 5) is 0. The van der Waals surface area contributed by atoms with E-state index in [0.717, 1.165) is 0 Å². The molecule has 0 aliphatic carbocycles. The highest BCUT2D eigenvalue weighted by Gasteiger charge is 1.43. The molecule has 0 N–H and O–H groups in total. The predicted octanol–water partition coefficient (Wildman–Crippen LogP) is 1.24. The first kappa shape index (κ1) is 4.48. The second kappa shape index (κ2) is 3.48. The molecule has 0 saturated carbocycles. The third-order valence-corrected chi connectivity index (χ3v) is 0.232. The average Bonchev–Trinajstić information content (AvgIpc) is 1.41. The van der Waals surface area contributed by atoms with Crippen molar-refractivity contribution < 1.29 is 0 Å². The van der Waals surface area contributed by atoms with Crippen LogP contribution in [0.15, 0.2) is 18.2 Å². The highest BCUT2D eigenvalue weighted by atomic mass is 13.5. The molecule has 0 heterocycles. The number of rotatable bonds is 1. The Morgan fingerprint density at radius 2 is 2.20 bits per heavy atom. The Morgan fingerprint density at radius 1 is 1.60 bits per heavy atom. The van der Waals surface area contributed by atoms with Gasteiger partial charge in [0.05, 0.1) is 0 Å². The van der Waals surface area contributed by atoms with Crippen molar-refractivity contribution in [2.75, 3.05) is 0 Å². The first-order valence-corrected chi connectivity index (χ1v) is 1.36. The van der Waals surface area contributed by atoms with Crippen molar-refractivity contribution in [3.8, 4) is 0 Å². The molecule has 0 amide bonds. The Hall–Kier alpha value is -0.520. The lowest BCUT2D eigenvalue weighted by molar-refractivity contribution is 1.97. The van der Waals surface area contributed by atoms with Crippen LogP contribution in [0.25, 0.3) is 0 Å². The molecule has 0 heteroatoms. The maximum Gasteiger partial charge on any atom is -0.00991 e. The van der Waals surface area contributed by atoms with E-state index in [1.54, 1.807) is 12.2 Å². The molecule has 0 aromatic rings. The van der Waals surface area contributed by atoms with E-state index in [-0.39, 0.29) is 0 Å². The molecule has 25 valence electrons. The first-order chi connectivity index (χ1) is 2.41. The van der Waals surface area contributed by atoms with Crippen LogP contribution >= 0.6 is 0 Å². The van der Waals surface area contributed by atoms with E-state index in [2.05, 4.69) is 6.92 Å². The Labute approximate surface area is 32.8 Å². The van der Waals surface area contributed by atoms with Gasteiger partial charge in [-0.15, -0.1) is 0 Å². The van der Waals surface area contributed by atoms with Crippen LogP contribution in [-0.2, 0) is 0 Å². The molecule has 0 nitrogen and oxygen atoms in total. The standard InChI is InChI=1S/C5H5/c1-3-5-4-2/h3-5H,1H2/b5-3+. The largest absolute Gasteiger partial charge is 0.0842 e. The highest BCUT2D eigenvalue weighted by molar-refractivity contribution is 4.96. The van der Waals surface area contributed by atoms with E-state index in [9.17, 15) is 0 Å². The monoisotopic (exact) mass is 65.0 g/mol. The SMILES string of the molecule is [C]=C/C=C/[CH2]. The van der Waals surface area contributed by atoms with Crippen molar-refractivity contribution in [3.63, 3.8) is 0 Å². The molecule has 0 aliphatic rings. The molecule has 0 bridgehead atoms. The van der Waals surface area contributed by atoms with E-state index >= 15 is 0 Å². The van der Waals surface area contributed by atoms with Crippen LogP contribution < -0.4 is 0 Å². The molecule has 0 aliphatic heterocycles. The van der Waals surface area contributed by atoms with Crippen molar-refractivity contribution in [1.29, 1.82) is 0 Å². The van der Waals surface area contributed by atoms with Crippen LogP contribution in [0.4, 0.5) is 0 Å². The summed E-state index contributed by atoms with van der Waals surface area (Å²) in [6, 6.07) is 0. The Balaban J connectivity index is 2.92. The molecule has 5 heavy (non-hydrogen) atoms. The van der Waals surface area contributed by atoms with Gasteiger partial charge in [0.1, 0.15) is 0 Å². The summed E-state index contributed by atoms with van der Waals surface area (Å²) in [5.41, 5.74) is 0. The summed E-state index contributed by atoms with van der Waals surface area (Å²) < 4.78 is 0. The molecular weight excluding hydrogens is 60.1 g/mol. The van der Waals surface area contributed by atoms with E-state index < -0.39 is 0 Å². The normalized spacial score (nSPS) is 9.00. The van der Waals surface area contributed by atoms with Gasteiger partial charge in [0.2, 0.25) is 0 Å². The van der Waals surface area contributed by atoms with Gasteiger partial charge in [-0.05, 0) is 13.5 Å². The lowest BCUT2D eigenvalue weighted by Crippen LogP contribution is -1.34. The maximum atomic E-state index is 6.35. The molecule has 0 saturated heterocycles. The molecule has 0 aromatic carbocycles. The van der Waals surface area contributed by atoms with Gasteiger partial charge in [-0.2, -0.15) is 0 Å². The molecule has 0 aromatic heterocycles. The summed E-state index contributed by atoms with van der Waals surface area (Å²) in [7, 11) is 0. The summed E-state index contributed by atoms with van der Waals surface area (Å²) in [5, 5.41) is 0. The van der Waals surface area contributed by atoms with E-state index in [1.807, 2.05) is 0 Å².